The van der Waals surface area contributed by atoms with Crippen LogP contribution in [0.4, 0.5) is 16.3 Å². The van der Waals surface area contributed by atoms with Crippen molar-refractivity contribution in [2.24, 2.45) is 11.5 Å². The first-order chi connectivity index (χ1) is 12.8. The number of aromatic nitrogens is 1. The van der Waals surface area contributed by atoms with E-state index >= 15 is 0 Å². The number of carbonyl (C=O) groups excluding carboxylic acids is 2. The summed E-state index contributed by atoms with van der Waals surface area (Å²) < 4.78 is 5.72. The van der Waals surface area contributed by atoms with Gasteiger partial charge in [-0.2, -0.15) is 0 Å². The highest BCUT2D eigenvalue weighted by Gasteiger charge is 2.18. The minimum atomic E-state index is -0.845. The number of ether oxygens (including phenoxy) is 1. The van der Waals surface area contributed by atoms with Crippen molar-refractivity contribution in [3.8, 4) is 11.5 Å². The van der Waals surface area contributed by atoms with Gasteiger partial charge < -0.3 is 21.2 Å². The molecular weight excluding hydrogens is 354 g/mol. The minimum absolute atomic E-state index is 0.00422. The van der Waals surface area contributed by atoms with E-state index in [4.69, 9.17) is 16.2 Å². The molecule has 10 heteroatoms. The van der Waals surface area contributed by atoms with Crippen LogP contribution in [0, 0.1) is 17.0 Å². The molecular formula is C17H15N5O5. The molecule has 0 spiro atoms. The zero-order valence-corrected chi connectivity index (χ0v) is 14.1. The van der Waals surface area contributed by atoms with Crippen molar-refractivity contribution in [2.75, 3.05) is 5.32 Å². The molecule has 0 aliphatic rings. The van der Waals surface area contributed by atoms with Crippen molar-refractivity contribution in [3.63, 3.8) is 0 Å². The van der Waals surface area contributed by atoms with Gasteiger partial charge in [0.05, 0.1) is 16.0 Å². The fourth-order valence-electron chi connectivity index (χ4n) is 2.75. The summed E-state index contributed by atoms with van der Waals surface area (Å²) in [4.78, 5) is 36.1. The van der Waals surface area contributed by atoms with Crippen LogP contribution in [0.15, 0.2) is 36.4 Å². The second-order valence-corrected chi connectivity index (χ2v) is 5.74. The summed E-state index contributed by atoms with van der Waals surface area (Å²) in [5, 5.41) is 13.7. The Morgan fingerprint density at radius 2 is 1.81 bits per heavy atom. The Kier molecular flexibility index (Phi) is 4.38. The standard InChI is InChI=1S/C17H15N5O5/c1-8-6-9(3-5-13(8)22(25)26)27-10-2-4-11-12(7-10)20-16(21-17(19)24)14(11)15(18)23/h2-7,20H,1H3,(H2,18,23)(H3,19,21,24). The summed E-state index contributed by atoms with van der Waals surface area (Å²) in [5.41, 5.74) is 11.5. The lowest BCUT2D eigenvalue weighted by Crippen LogP contribution is -2.22. The molecule has 0 unspecified atom stereocenters. The number of fused-ring (bicyclic) bond motifs is 1. The van der Waals surface area contributed by atoms with Gasteiger partial charge in [-0.1, -0.05) is 0 Å². The van der Waals surface area contributed by atoms with Gasteiger partial charge in [-0.15, -0.1) is 0 Å². The molecule has 0 aliphatic carbocycles. The number of nitrogens with two attached hydrogens (primary N) is 2. The third-order valence-corrected chi connectivity index (χ3v) is 3.87. The van der Waals surface area contributed by atoms with Crippen LogP contribution in [-0.4, -0.2) is 21.8 Å². The Labute approximate surface area is 152 Å². The Morgan fingerprint density at radius 3 is 2.41 bits per heavy atom. The highest BCUT2D eigenvalue weighted by atomic mass is 16.6. The molecule has 0 atom stereocenters. The summed E-state index contributed by atoms with van der Waals surface area (Å²) in [6, 6.07) is 8.36. The number of H-pyrrole nitrogens is 1. The number of aryl methyl sites for hydroxylation is 1. The van der Waals surface area contributed by atoms with Crippen LogP contribution in [0.1, 0.15) is 15.9 Å². The predicted octanol–water partition coefficient (Wildman–Crippen LogP) is 2.77. The lowest BCUT2D eigenvalue weighted by Gasteiger charge is -2.07. The first kappa shape index (κ1) is 17.7. The number of primary amides is 2. The maximum Gasteiger partial charge on any atom is 0.317 e. The molecule has 0 radical (unpaired) electrons. The lowest BCUT2D eigenvalue weighted by atomic mass is 10.1. The second kappa shape index (κ2) is 6.67. The van der Waals surface area contributed by atoms with E-state index < -0.39 is 16.9 Å². The zero-order valence-electron chi connectivity index (χ0n) is 14.1. The van der Waals surface area contributed by atoms with Gasteiger partial charge in [0.2, 0.25) is 0 Å². The van der Waals surface area contributed by atoms with Gasteiger partial charge in [0, 0.05) is 23.1 Å². The number of benzene rings is 2. The van der Waals surface area contributed by atoms with Gasteiger partial charge in [0.15, 0.2) is 0 Å². The third kappa shape index (κ3) is 3.49. The number of nitro benzene ring substituents is 1. The number of carbonyl (C=O) groups is 2. The zero-order chi connectivity index (χ0) is 19.7. The van der Waals surface area contributed by atoms with Gasteiger partial charge in [-0.05, 0) is 31.2 Å². The Balaban J connectivity index is 1.97. The summed E-state index contributed by atoms with van der Waals surface area (Å²) in [6.07, 6.45) is 0. The Hall–Kier alpha value is -4.08. The molecule has 0 aliphatic heterocycles. The number of urea groups is 1. The highest BCUT2D eigenvalue weighted by molar-refractivity contribution is 6.13. The van der Waals surface area contributed by atoms with Crippen LogP contribution in [0.2, 0.25) is 0 Å². The highest BCUT2D eigenvalue weighted by Crippen LogP contribution is 2.32. The lowest BCUT2D eigenvalue weighted by molar-refractivity contribution is -0.385. The maximum atomic E-state index is 11.7. The smallest absolute Gasteiger partial charge is 0.317 e. The Morgan fingerprint density at radius 1 is 1.15 bits per heavy atom. The summed E-state index contributed by atoms with van der Waals surface area (Å²) >= 11 is 0. The first-order valence-corrected chi connectivity index (χ1v) is 7.71. The van der Waals surface area contributed by atoms with Crippen molar-refractivity contribution in [3.05, 3.63) is 57.6 Å². The fraction of sp³-hybridized carbons (Fsp3) is 0.0588. The Bertz CT molecular complexity index is 1090. The molecule has 27 heavy (non-hydrogen) atoms. The molecule has 3 aromatic rings. The van der Waals surface area contributed by atoms with Gasteiger partial charge in [0.25, 0.3) is 11.6 Å². The number of amides is 3. The maximum absolute atomic E-state index is 11.7. The van der Waals surface area contributed by atoms with E-state index in [2.05, 4.69) is 10.3 Å². The largest absolute Gasteiger partial charge is 0.457 e. The number of hydrogen-bond donors (Lipinski definition) is 4. The van der Waals surface area contributed by atoms with Crippen LogP contribution >= 0.6 is 0 Å². The van der Waals surface area contributed by atoms with Crippen LogP contribution in [0.5, 0.6) is 11.5 Å². The molecule has 138 valence electrons. The molecule has 2 aromatic carbocycles. The van der Waals surface area contributed by atoms with Crippen molar-refractivity contribution >= 4 is 34.3 Å². The van der Waals surface area contributed by atoms with E-state index in [-0.39, 0.29) is 17.1 Å². The SMILES string of the molecule is Cc1cc(Oc2ccc3c(C(N)=O)c(NC(N)=O)[nH]c3c2)ccc1[N+](=O)[O-]. The first-order valence-electron chi connectivity index (χ1n) is 7.71. The molecule has 10 nitrogen and oxygen atoms in total. The molecule has 3 amide bonds. The van der Waals surface area contributed by atoms with Gasteiger partial charge in [-0.25, -0.2) is 4.79 Å². The average Bonchev–Trinajstić information content (AvgIpc) is 2.90. The van der Waals surface area contributed by atoms with E-state index in [1.54, 1.807) is 31.2 Å². The van der Waals surface area contributed by atoms with Crippen molar-refractivity contribution in [1.29, 1.82) is 0 Å². The van der Waals surface area contributed by atoms with Gasteiger partial charge >= 0.3 is 6.03 Å². The molecule has 0 saturated heterocycles. The number of aromatic amines is 1. The minimum Gasteiger partial charge on any atom is -0.457 e. The topological polar surface area (TPSA) is 166 Å². The number of rotatable bonds is 5. The van der Waals surface area contributed by atoms with Crippen LogP contribution < -0.4 is 21.5 Å². The van der Waals surface area contributed by atoms with E-state index in [9.17, 15) is 19.7 Å². The van der Waals surface area contributed by atoms with E-state index in [0.29, 0.717) is 28.0 Å². The third-order valence-electron chi connectivity index (χ3n) is 3.87. The van der Waals surface area contributed by atoms with E-state index in [1.165, 1.54) is 12.1 Å². The molecule has 3 rings (SSSR count). The summed E-state index contributed by atoms with van der Waals surface area (Å²) in [7, 11) is 0. The molecule has 1 heterocycles. The molecule has 6 N–H and O–H groups in total. The van der Waals surface area contributed by atoms with Crippen LogP contribution in [0.3, 0.4) is 0 Å². The second-order valence-electron chi connectivity index (χ2n) is 5.74. The normalized spacial score (nSPS) is 10.6. The van der Waals surface area contributed by atoms with Crippen molar-refractivity contribution < 1.29 is 19.2 Å². The number of nitro groups is 1. The summed E-state index contributed by atoms with van der Waals surface area (Å²) in [6.45, 7) is 1.61. The van der Waals surface area contributed by atoms with Gasteiger partial charge in [0.1, 0.15) is 17.3 Å². The van der Waals surface area contributed by atoms with Crippen LogP contribution in [-0.2, 0) is 0 Å². The van der Waals surface area contributed by atoms with Gasteiger partial charge in [-0.3, -0.25) is 20.2 Å². The number of nitrogens with one attached hydrogen (secondary N) is 2. The van der Waals surface area contributed by atoms with Crippen molar-refractivity contribution in [2.45, 2.75) is 6.92 Å². The predicted molar refractivity (Wildman–Crippen MR) is 97.9 cm³/mol. The van der Waals surface area contributed by atoms with E-state index in [1.807, 2.05) is 0 Å². The van der Waals surface area contributed by atoms with Crippen molar-refractivity contribution in [1.82, 2.24) is 4.98 Å². The summed E-state index contributed by atoms with van der Waals surface area (Å²) in [5.74, 6) is 0.186. The molecule has 0 fully saturated rings. The fourth-order valence-corrected chi connectivity index (χ4v) is 2.75. The number of anilines is 1. The monoisotopic (exact) mass is 369 g/mol. The number of hydrogen-bond acceptors (Lipinski definition) is 5. The molecule has 0 bridgehead atoms. The average molecular weight is 369 g/mol. The molecule has 0 saturated carbocycles. The molecule has 1 aromatic heterocycles. The van der Waals surface area contributed by atoms with E-state index in [0.717, 1.165) is 0 Å². The van der Waals surface area contributed by atoms with Crippen LogP contribution in [0.25, 0.3) is 10.9 Å². The number of nitrogens with zero attached hydrogens (tertiary/aromatic N) is 1. The quantitative estimate of drug-likeness (QED) is 0.400.